The van der Waals surface area contributed by atoms with Crippen LogP contribution in [0.1, 0.15) is 22.8 Å². The zero-order valence-electron chi connectivity index (χ0n) is 16.8. The number of aromatic nitrogens is 1. The zero-order valence-corrected chi connectivity index (χ0v) is 16.8. The van der Waals surface area contributed by atoms with E-state index in [9.17, 15) is 9.59 Å². The molecule has 0 aliphatic carbocycles. The molecule has 1 aliphatic rings. The maximum atomic E-state index is 13.7. The Morgan fingerprint density at radius 1 is 1.10 bits per heavy atom. The third kappa shape index (κ3) is 3.51. The van der Waals surface area contributed by atoms with Gasteiger partial charge in [0.2, 0.25) is 0 Å². The number of para-hydroxylation sites is 1. The topological polar surface area (TPSA) is 63.6 Å². The molecule has 1 saturated heterocycles. The van der Waals surface area contributed by atoms with Gasteiger partial charge in [0.05, 0.1) is 17.8 Å². The first-order valence-corrected chi connectivity index (χ1v) is 9.99. The van der Waals surface area contributed by atoms with Crippen LogP contribution in [0.15, 0.2) is 53.3 Å². The number of hydrogen-bond acceptors (Lipinski definition) is 5. The fraction of sp³-hybridized carbons (Fsp3) is 0.304. The van der Waals surface area contributed by atoms with Crippen LogP contribution in [0.25, 0.3) is 16.6 Å². The smallest absolute Gasteiger partial charge is 0.345 e. The molecular weight excluding hydrogens is 366 g/mol. The number of nitrogens with one attached hydrogen (secondary N) is 1. The summed E-state index contributed by atoms with van der Waals surface area (Å²) >= 11 is 0. The molecule has 29 heavy (non-hydrogen) atoms. The molecule has 2 aromatic carbocycles. The number of aryl methyl sites for hydroxylation is 1. The van der Waals surface area contributed by atoms with Crippen molar-refractivity contribution in [2.45, 2.75) is 13.8 Å². The zero-order chi connectivity index (χ0) is 20.4. The van der Waals surface area contributed by atoms with Crippen molar-refractivity contribution in [1.29, 1.82) is 0 Å². The number of esters is 1. The lowest BCUT2D eigenvalue weighted by atomic mass is 10.0. The summed E-state index contributed by atoms with van der Waals surface area (Å²) in [7, 11) is 0. The monoisotopic (exact) mass is 391 g/mol. The maximum absolute atomic E-state index is 13.7. The summed E-state index contributed by atoms with van der Waals surface area (Å²) in [5.74, 6) is -0.570. The Kier molecular flexibility index (Phi) is 5.36. The summed E-state index contributed by atoms with van der Waals surface area (Å²) in [5.41, 5.74) is 3.02. The SMILES string of the molecule is CCOC(=O)c1c(N2CCNCC2)c2cc(C)ccc2n(-c2ccccc2)c1=O. The minimum absolute atomic E-state index is 0.107. The van der Waals surface area contributed by atoms with E-state index in [2.05, 4.69) is 10.2 Å². The van der Waals surface area contributed by atoms with Gasteiger partial charge in [0.1, 0.15) is 5.56 Å². The number of benzene rings is 2. The number of ether oxygens (including phenoxy) is 1. The standard InChI is InChI=1S/C23H25N3O3/c1-3-29-23(28)20-21(25-13-11-24-12-14-25)18-15-16(2)9-10-19(18)26(22(20)27)17-7-5-4-6-8-17/h4-10,15,24H,3,11-14H2,1-2H3. The number of piperazine rings is 1. The summed E-state index contributed by atoms with van der Waals surface area (Å²) in [5, 5.41) is 4.22. The van der Waals surface area contributed by atoms with Crippen molar-refractivity contribution in [3.05, 3.63) is 70.0 Å². The van der Waals surface area contributed by atoms with E-state index < -0.39 is 5.97 Å². The molecule has 0 bridgehead atoms. The molecule has 150 valence electrons. The molecule has 1 aromatic heterocycles. The molecule has 0 spiro atoms. The lowest BCUT2D eigenvalue weighted by molar-refractivity contribution is 0.0525. The van der Waals surface area contributed by atoms with Gasteiger partial charge in [0, 0.05) is 37.3 Å². The highest BCUT2D eigenvalue weighted by Gasteiger charge is 2.28. The molecule has 6 nitrogen and oxygen atoms in total. The van der Waals surface area contributed by atoms with Crippen LogP contribution in [0.2, 0.25) is 0 Å². The van der Waals surface area contributed by atoms with Crippen molar-refractivity contribution >= 4 is 22.6 Å². The Balaban J connectivity index is 2.11. The van der Waals surface area contributed by atoms with Crippen molar-refractivity contribution < 1.29 is 9.53 Å². The van der Waals surface area contributed by atoms with Crippen LogP contribution in [-0.2, 0) is 4.74 Å². The van der Waals surface area contributed by atoms with Crippen molar-refractivity contribution in [1.82, 2.24) is 9.88 Å². The second-order valence-electron chi connectivity index (χ2n) is 7.18. The largest absolute Gasteiger partial charge is 0.462 e. The Labute approximate surface area is 169 Å². The highest BCUT2D eigenvalue weighted by molar-refractivity contribution is 6.06. The Morgan fingerprint density at radius 3 is 2.52 bits per heavy atom. The average molecular weight is 391 g/mol. The van der Waals surface area contributed by atoms with Gasteiger partial charge in [-0.05, 0) is 38.1 Å². The molecular formula is C23H25N3O3. The number of rotatable bonds is 4. The molecule has 4 rings (SSSR count). The van der Waals surface area contributed by atoms with E-state index in [1.807, 2.05) is 55.5 Å². The molecule has 0 atom stereocenters. The van der Waals surface area contributed by atoms with E-state index in [-0.39, 0.29) is 17.7 Å². The molecule has 1 aliphatic heterocycles. The second-order valence-corrected chi connectivity index (χ2v) is 7.18. The van der Waals surface area contributed by atoms with Crippen molar-refractivity contribution in [2.24, 2.45) is 0 Å². The summed E-state index contributed by atoms with van der Waals surface area (Å²) in [6, 6.07) is 15.4. The fourth-order valence-corrected chi connectivity index (χ4v) is 3.93. The summed E-state index contributed by atoms with van der Waals surface area (Å²) < 4.78 is 6.93. The maximum Gasteiger partial charge on any atom is 0.345 e. The summed E-state index contributed by atoms with van der Waals surface area (Å²) in [6.07, 6.45) is 0. The first-order valence-electron chi connectivity index (χ1n) is 9.99. The van der Waals surface area contributed by atoms with Crippen LogP contribution in [0.5, 0.6) is 0 Å². The van der Waals surface area contributed by atoms with E-state index in [0.29, 0.717) is 5.69 Å². The van der Waals surface area contributed by atoms with Crippen LogP contribution in [0.3, 0.4) is 0 Å². The molecule has 0 saturated carbocycles. The number of fused-ring (bicyclic) bond motifs is 1. The predicted octanol–water partition coefficient (Wildman–Crippen LogP) is 2.89. The third-order valence-electron chi connectivity index (χ3n) is 5.23. The van der Waals surface area contributed by atoms with Gasteiger partial charge < -0.3 is 15.0 Å². The Bertz CT molecular complexity index is 1100. The number of carbonyl (C=O) groups is 1. The predicted molar refractivity (Wildman–Crippen MR) is 115 cm³/mol. The molecule has 2 heterocycles. The highest BCUT2D eigenvalue weighted by atomic mass is 16.5. The van der Waals surface area contributed by atoms with E-state index in [1.165, 1.54) is 0 Å². The number of hydrogen-bond donors (Lipinski definition) is 1. The van der Waals surface area contributed by atoms with E-state index in [1.54, 1.807) is 11.5 Å². The summed E-state index contributed by atoms with van der Waals surface area (Å²) in [4.78, 5) is 28.8. The van der Waals surface area contributed by atoms with E-state index in [0.717, 1.165) is 48.3 Å². The molecule has 1 N–H and O–H groups in total. The van der Waals surface area contributed by atoms with Crippen LogP contribution in [0.4, 0.5) is 5.69 Å². The Morgan fingerprint density at radius 2 is 1.83 bits per heavy atom. The number of carbonyl (C=O) groups excluding carboxylic acids is 1. The quantitative estimate of drug-likeness (QED) is 0.693. The lowest BCUT2D eigenvalue weighted by Crippen LogP contribution is -2.45. The van der Waals surface area contributed by atoms with Gasteiger partial charge in [0.15, 0.2) is 0 Å². The van der Waals surface area contributed by atoms with Crippen LogP contribution < -0.4 is 15.8 Å². The molecule has 1 fully saturated rings. The summed E-state index contributed by atoms with van der Waals surface area (Å²) in [6.45, 7) is 7.05. The van der Waals surface area contributed by atoms with Gasteiger partial charge in [-0.2, -0.15) is 0 Å². The van der Waals surface area contributed by atoms with Gasteiger partial charge in [-0.15, -0.1) is 0 Å². The molecule has 0 unspecified atom stereocenters. The Hall–Kier alpha value is -3.12. The van der Waals surface area contributed by atoms with Gasteiger partial charge >= 0.3 is 5.97 Å². The normalized spacial score (nSPS) is 14.2. The minimum atomic E-state index is -0.570. The van der Waals surface area contributed by atoms with Gasteiger partial charge in [0.25, 0.3) is 5.56 Å². The second kappa shape index (κ2) is 8.09. The van der Waals surface area contributed by atoms with Crippen LogP contribution in [0, 0.1) is 6.92 Å². The highest BCUT2D eigenvalue weighted by Crippen LogP contribution is 2.32. The van der Waals surface area contributed by atoms with Crippen molar-refractivity contribution in [3.8, 4) is 5.69 Å². The first-order chi connectivity index (χ1) is 14.1. The van der Waals surface area contributed by atoms with Crippen LogP contribution >= 0.6 is 0 Å². The van der Waals surface area contributed by atoms with E-state index >= 15 is 0 Å². The molecule has 0 radical (unpaired) electrons. The van der Waals surface area contributed by atoms with Gasteiger partial charge in [-0.3, -0.25) is 9.36 Å². The number of pyridine rings is 1. The van der Waals surface area contributed by atoms with Crippen molar-refractivity contribution in [3.63, 3.8) is 0 Å². The molecule has 3 aromatic rings. The lowest BCUT2D eigenvalue weighted by Gasteiger charge is -2.32. The number of nitrogens with zero attached hydrogens (tertiary/aromatic N) is 2. The number of anilines is 1. The molecule has 0 amide bonds. The van der Waals surface area contributed by atoms with Crippen LogP contribution in [-0.4, -0.2) is 43.3 Å². The minimum Gasteiger partial charge on any atom is -0.462 e. The average Bonchev–Trinajstić information content (AvgIpc) is 2.74. The fourth-order valence-electron chi connectivity index (χ4n) is 3.93. The van der Waals surface area contributed by atoms with Crippen molar-refractivity contribution in [2.75, 3.05) is 37.7 Å². The van der Waals surface area contributed by atoms with Gasteiger partial charge in [-0.25, -0.2) is 4.79 Å². The van der Waals surface area contributed by atoms with Gasteiger partial charge in [-0.1, -0.05) is 29.8 Å². The third-order valence-corrected chi connectivity index (χ3v) is 5.23. The molecule has 6 heteroatoms. The van der Waals surface area contributed by atoms with E-state index in [4.69, 9.17) is 4.74 Å². The first kappa shape index (κ1) is 19.2.